The third-order valence-corrected chi connectivity index (χ3v) is 6.24. The lowest BCUT2D eigenvalue weighted by Crippen LogP contribution is -2.33. The van der Waals surface area contributed by atoms with Crippen molar-refractivity contribution >= 4 is 26.0 Å². The molecule has 1 fully saturated rings. The van der Waals surface area contributed by atoms with Crippen LogP contribution in [0.4, 0.5) is 13.2 Å². The minimum absolute atomic E-state index is 0.153. The average molecular weight is 445 g/mol. The highest BCUT2D eigenvalue weighted by Crippen LogP contribution is 2.33. The Labute approximate surface area is 153 Å². The second-order valence-electron chi connectivity index (χ2n) is 6.11. The standard InChI is InChI=1S/C15H20BrF3N2O3S/c16-12-5-6-14(13(7-12)24-15(17,18)19)25(22,23)21-9-11-3-1-10(8-20)2-4-11/h5-7,10-11,21H,1-4,8-9,20H2. The molecule has 142 valence electrons. The van der Waals surface area contributed by atoms with Crippen LogP contribution < -0.4 is 15.2 Å². The molecule has 1 aliphatic rings. The maximum absolute atomic E-state index is 12.5. The van der Waals surface area contributed by atoms with E-state index in [-0.39, 0.29) is 16.9 Å². The van der Waals surface area contributed by atoms with Crippen molar-refractivity contribution in [3.63, 3.8) is 0 Å². The van der Waals surface area contributed by atoms with Crippen molar-refractivity contribution in [2.45, 2.75) is 36.9 Å². The van der Waals surface area contributed by atoms with Crippen molar-refractivity contribution in [1.29, 1.82) is 0 Å². The average Bonchev–Trinajstić information content (AvgIpc) is 2.52. The van der Waals surface area contributed by atoms with Gasteiger partial charge in [-0.2, -0.15) is 0 Å². The van der Waals surface area contributed by atoms with Gasteiger partial charge in [0, 0.05) is 11.0 Å². The number of rotatable bonds is 6. The molecule has 0 radical (unpaired) electrons. The fourth-order valence-electron chi connectivity index (χ4n) is 2.88. The monoisotopic (exact) mass is 444 g/mol. The Morgan fingerprint density at radius 2 is 1.80 bits per heavy atom. The number of alkyl halides is 3. The number of benzene rings is 1. The SMILES string of the molecule is NCC1CCC(CNS(=O)(=O)c2ccc(Br)cc2OC(F)(F)F)CC1. The van der Waals surface area contributed by atoms with E-state index in [1.54, 1.807) is 0 Å². The molecule has 0 aliphatic heterocycles. The Morgan fingerprint density at radius 3 is 2.36 bits per heavy atom. The quantitative estimate of drug-likeness (QED) is 0.704. The summed E-state index contributed by atoms with van der Waals surface area (Å²) in [5, 5.41) is 0. The Kier molecular flexibility index (Phi) is 6.74. The van der Waals surface area contributed by atoms with Crippen LogP contribution in [-0.2, 0) is 10.0 Å². The summed E-state index contributed by atoms with van der Waals surface area (Å²) in [4.78, 5) is -0.538. The number of nitrogens with one attached hydrogen (secondary N) is 1. The van der Waals surface area contributed by atoms with E-state index in [4.69, 9.17) is 5.73 Å². The molecule has 0 spiro atoms. The molecule has 5 nitrogen and oxygen atoms in total. The number of halogens is 4. The number of ether oxygens (including phenoxy) is 1. The van der Waals surface area contributed by atoms with Crippen LogP contribution in [0.5, 0.6) is 5.75 Å². The number of hydrogen-bond donors (Lipinski definition) is 2. The second-order valence-corrected chi connectivity index (χ2v) is 8.76. The van der Waals surface area contributed by atoms with Gasteiger partial charge in [-0.05, 0) is 62.3 Å². The van der Waals surface area contributed by atoms with E-state index in [1.807, 2.05) is 0 Å². The van der Waals surface area contributed by atoms with Gasteiger partial charge in [0.15, 0.2) is 5.75 Å². The molecule has 3 N–H and O–H groups in total. The fraction of sp³-hybridized carbons (Fsp3) is 0.600. The first-order chi connectivity index (χ1) is 11.6. The van der Waals surface area contributed by atoms with E-state index in [9.17, 15) is 21.6 Å². The first kappa shape index (κ1) is 20.5. The minimum Gasteiger partial charge on any atom is -0.404 e. The van der Waals surface area contributed by atoms with Gasteiger partial charge in [0.1, 0.15) is 4.90 Å². The van der Waals surface area contributed by atoms with Gasteiger partial charge in [-0.3, -0.25) is 0 Å². The predicted octanol–water partition coefficient (Wildman–Crippen LogP) is 3.39. The van der Waals surface area contributed by atoms with Gasteiger partial charge in [-0.1, -0.05) is 15.9 Å². The normalized spacial score (nSPS) is 22.0. The largest absolute Gasteiger partial charge is 0.573 e. The van der Waals surface area contributed by atoms with Crippen molar-refractivity contribution in [3.05, 3.63) is 22.7 Å². The number of nitrogens with two attached hydrogens (primary N) is 1. The Hall–Kier alpha value is -0.840. The summed E-state index contributed by atoms with van der Waals surface area (Å²) in [6.45, 7) is 0.802. The van der Waals surface area contributed by atoms with E-state index in [0.29, 0.717) is 12.5 Å². The van der Waals surface area contributed by atoms with Gasteiger partial charge in [-0.25, -0.2) is 13.1 Å². The van der Waals surface area contributed by atoms with Crippen LogP contribution >= 0.6 is 15.9 Å². The molecule has 1 aromatic rings. The van der Waals surface area contributed by atoms with Gasteiger partial charge in [0.25, 0.3) is 0 Å². The molecule has 2 rings (SSSR count). The molecule has 1 aliphatic carbocycles. The van der Waals surface area contributed by atoms with Crippen LogP contribution in [0.25, 0.3) is 0 Å². The molecule has 0 saturated heterocycles. The molecule has 10 heteroatoms. The van der Waals surface area contributed by atoms with Crippen molar-refractivity contribution in [2.75, 3.05) is 13.1 Å². The van der Waals surface area contributed by atoms with E-state index < -0.39 is 27.0 Å². The lowest BCUT2D eigenvalue weighted by atomic mass is 9.82. The smallest absolute Gasteiger partial charge is 0.404 e. The third-order valence-electron chi connectivity index (χ3n) is 4.28. The zero-order valence-electron chi connectivity index (χ0n) is 13.4. The molecule has 25 heavy (non-hydrogen) atoms. The maximum Gasteiger partial charge on any atom is 0.573 e. The Morgan fingerprint density at radius 1 is 1.20 bits per heavy atom. The molecule has 0 aromatic heterocycles. The van der Waals surface area contributed by atoms with Crippen molar-refractivity contribution in [3.8, 4) is 5.75 Å². The summed E-state index contributed by atoms with van der Waals surface area (Å²) >= 11 is 3.01. The van der Waals surface area contributed by atoms with Crippen molar-refractivity contribution in [1.82, 2.24) is 4.72 Å². The van der Waals surface area contributed by atoms with E-state index in [1.165, 1.54) is 6.07 Å². The summed E-state index contributed by atoms with van der Waals surface area (Å²) in [6, 6.07) is 3.41. The zero-order valence-corrected chi connectivity index (χ0v) is 15.8. The minimum atomic E-state index is -4.98. The third kappa shape index (κ3) is 6.12. The Bertz CT molecular complexity index is 690. The predicted molar refractivity (Wildman–Crippen MR) is 90.5 cm³/mol. The van der Waals surface area contributed by atoms with Gasteiger partial charge in [-0.15, -0.1) is 13.2 Å². The fourth-order valence-corrected chi connectivity index (χ4v) is 4.45. The summed E-state index contributed by atoms with van der Waals surface area (Å²) in [5.74, 6) is -0.146. The lowest BCUT2D eigenvalue weighted by molar-refractivity contribution is -0.275. The summed E-state index contributed by atoms with van der Waals surface area (Å²) < 4.78 is 69.0. The summed E-state index contributed by atoms with van der Waals surface area (Å²) in [7, 11) is -4.12. The molecule has 0 bridgehead atoms. The molecule has 1 saturated carbocycles. The van der Waals surface area contributed by atoms with Crippen LogP contribution in [0.15, 0.2) is 27.6 Å². The highest BCUT2D eigenvalue weighted by molar-refractivity contribution is 9.10. The molecule has 0 heterocycles. The molecule has 0 amide bonds. The number of sulfonamides is 1. The van der Waals surface area contributed by atoms with Gasteiger partial charge >= 0.3 is 6.36 Å². The van der Waals surface area contributed by atoms with E-state index in [0.717, 1.165) is 37.8 Å². The van der Waals surface area contributed by atoms with Gasteiger partial charge in [0.05, 0.1) is 0 Å². The van der Waals surface area contributed by atoms with E-state index in [2.05, 4.69) is 25.4 Å². The van der Waals surface area contributed by atoms with Crippen LogP contribution in [-0.4, -0.2) is 27.9 Å². The molecular weight excluding hydrogens is 425 g/mol. The lowest BCUT2D eigenvalue weighted by Gasteiger charge is -2.27. The first-order valence-corrected chi connectivity index (χ1v) is 10.1. The highest BCUT2D eigenvalue weighted by Gasteiger charge is 2.34. The second kappa shape index (κ2) is 8.24. The molecule has 0 unspecified atom stereocenters. The topological polar surface area (TPSA) is 81.4 Å². The van der Waals surface area contributed by atoms with E-state index >= 15 is 0 Å². The molecular formula is C15H20BrF3N2O3S. The van der Waals surface area contributed by atoms with Crippen molar-refractivity contribution in [2.24, 2.45) is 17.6 Å². The summed E-state index contributed by atoms with van der Waals surface area (Å²) in [6.07, 6.45) is -1.42. The van der Waals surface area contributed by atoms with Gasteiger partial charge < -0.3 is 10.5 Å². The van der Waals surface area contributed by atoms with Crippen LogP contribution in [0.1, 0.15) is 25.7 Å². The highest BCUT2D eigenvalue weighted by atomic mass is 79.9. The van der Waals surface area contributed by atoms with Crippen molar-refractivity contribution < 1.29 is 26.3 Å². The zero-order chi connectivity index (χ0) is 18.7. The van der Waals surface area contributed by atoms with Crippen LogP contribution in [0.2, 0.25) is 0 Å². The maximum atomic E-state index is 12.5. The summed E-state index contributed by atoms with van der Waals surface area (Å²) in [5.41, 5.74) is 5.63. The van der Waals surface area contributed by atoms with Crippen LogP contribution in [0.3, 0.4) is 0 Å². The van der Waals surface area contributed by atoms with Crippen LogP contribution in [0, 0.1) is 11.8 Å². The molecule has 1 aromatic carbocycles. The first-order valence-electron chi connectivity index (χ1n) is 7.86. The molecule has 0 atom stereocenters. The Balaban J connectivity index is 2.09. The number of hydrogen-bond acceptors (Lipinski definition) is 4. The van der Waals surface area contributed by atoms with Gasteiger partial charge in [0.2, 0.25) is 10.0 Å².